The zero-order chi connectivity index (χ0) is 48.5. The van der Waals surface area contributed by atoms with Crippen molar-refractivity contribution in [3.8, 4) is 0 Å². The van der Waals surface area contributed by atoms with Gasteiger partial charge in [0.05, 0.1) is 35.6 Å². The molecule has 1 saturated heterocycles. The van der Waals surface area contributed by atoms with Crippen LogP contribution in [0.25, 0.3) is 0 Å². The number of nitrogens with one attached hydrogen (secondary N) is 1. The highest BCUT2D eigenvalue weighted by atomic mass is 32.2. The van der Waals surface area contributed by atoms with Gasteiger partial charge in [-0.25, -0.2) is 9.59 Å². The first-order valence-corrected chi connectivity index (χ1v) is 23.5. The fourth-order valence-corrected chi connectivity index (χ4v) is 11.6. The maximum Gasteiger partial charge on any atom is 0.338 e. The summed E-state index contributed by atoms with van der Waals surface area (Å²) in [4.78, 5) is 85.1. The number of rotatable bonds is 15. The van der Waals surface area contributed by atoms with Gasteiger partial charge in [-0.05, 0) is 73.3 Å². The number of unbranched alkanes of at least 4 members (excludes halogenated alkanes) is 1. The first-order valence-electron chi connectivity index (χ1n) is 22.6. The van der Waals surface area contributed by atoms with E-state index in [0.717, 1.165) is 31.8 Å². The molecule has 0 aromatic heterocycles. The van der Waals surface area contributed by atoms with E-state index in [-0.39, 0.29) is 35.3 Å². The van der Waals surface area contributed by atoms with Crippen LogP contribution in [-0.4, -0.2) is 106 Å². The van der Waals surface area contributed by atoms with Crippen molar-refractivity contribution in [3.05, 3.63) is 119 Å². The van der Waals surface area contributed by atoms with E-state index in [4.69, 9.17) is 27.9 Å². The van der Waals surface area contributed by atoms with Gasteiger partial charge in [-0.2, -0.15) is 0 Å². The van der Waals surface area contributed by atoms with E-state index in [1.807, 2.05) is 6.92 Å². The molecule has 11 atom stereocenters. The fourth-order valence-electron chi connectivity index (χ4n) is 10.6. The molecule has 7 rings (SSSR count). The highest BCUT2D eigenvalue weighted by Crippen LogP contribution is 2.65. The number of Topliss-reactive ketones (excluding diaryl/α,β-unsaturated/α-hetero) is 1. The summed E-state index contributed by atoms with van der Waals surface area (Å²) >= 11 is 1.14. The Hall–Kier alpha value is -5.39. The molecule has 16 heteroatoms. The zero-order valence-corrected chi connectivity index (χ0v) is 39.5. The Balaban J connectivity index is 1.41. The molecular weight excluding hydrogens is 883 g/mol. The highest BCUT2D eigenvalue weighted by Gasteiger charge is 2.79. The number of hydrogen-bond acceptors (Lipinski definition) is 15. The number of aliphatic hydroxyl groups is 2. The molecule has 15 nitrogen and oxygen atoms in total. The van der Waals surface area contributed by atoms with E-state index in [1.165, 1.54) is 19.1 Å². The van der Waals surface area contributed by atoms with E-state index >= 15 is 4.79 Å². The molecule has 2 saturated carbocycles. The molecule has 1 aliphatic heterocycles. The van der Waals surface area contributed by atoms with Crippen LogP contribution in [0.5, 0.6) is 0 Å². The van der Waals surface area contributed by atoms with E-state index in [2.05, 4.69) is 5.32 Å². The van der Waals surface area contributed by atoms with Gasteiger partial charge in [0, 0.05) is 43.4 Å². The van der Waals surface area contributed by atoms with Gasteiger partial charge < -0.3 is 43.4 Å². The molecule has 67 heavy (non-hydrogen) atoms. The average molecular weight is 942 g/mol. The number of fused-ring (bicyclic) bond motifs is 5. The Morgan fingerprint density at radius 1 is 0.866 bits per heavy atom. The Morgan fingerprint density at radius 2 is 1.48 bits per heavy atom. The van der Waals surface area contributed by atoms with E-state index in [9.17, 15) is 34.2 Å². The van der Waals surface area contributed by atoms with Gasteiger partial charge in [0.15, 0.2) is 23.6 Å². The van der Waals surface area contributed by atoms with Crippen molar-refractivity contribution in [3.63, 3.8) is 0 Å². The van der Waals surface area contributed by atoms with Crippen molar-refractivity contribution in [1.82, 2.24) is 5.32 Å². The smallest absolute Gasteiger partial charge is 0.338 e. The van der Waals surface area contributed by atoms with Gasteiger partial charge in [-0.15, -0.1) is 0 Å². The minimum atomic E-state index is -2.35. The van der Waals surface area contributed by atoms with Crippen LogP contribution in [-0.2, 0) is 47.0 Å². The van der Waals surface area contributed by atoms with E-state index < -0.39 is 113 Å². The van der Waals surface area contributed by atoms with Crippen molar-refractivity contribution in [2.24, 2.45) is 16.7 Å². The van der Waals surface area contributed by atoms with Crippen LogP contribution >= 0.6 is 12.0 Å². The zero-order valence-electron chi connectivity index (χ0n) is 38.7. The standard InChI is InChI=1S/C51H59NO14S/c1-8-9-25-67-66-36-26-37-50(28-61-37,65-31(4)54)42-44(64-46(58)34-23-17-12-18-24-34)51(60)27-35(29(2)38(48(51,5)6)41(62-30(3)53)43(56)49(36,42)7)63-47(59)40(55)39(32-19-13-10-14-20-32)52-45(57)33-21-15-11-16-22-33/h10-24,35-37,39-42,44,55,60H,8-9,25-28H2,1-7H3,(H,52,57)/t35-,36-,37+,39-,40+,41+,42?,44-,49+,50-,51+/m0/s1. The normalized spacial score (nSPS) is 30.4. The summed E-state index contributed by atoms with van der Waals surface area (Å²) in [6.07, 6.45) is -7.74. The van der Waals surface area contributed by atoms with Crippen molar-refractivity contribution in [2.75, 3.05) is 12.4 Å². The number of aliphatic hydroxyl groups excluding tert-OH is 1. The Kier molecular flexibility index (Phi) is 14.5. The number of amides is 1. The molecule has 1 heterocycles. The molecule has 3 fully saturated rings. The molecule has 0 radical (unpaired) electrons. The summed E-state index contributed by atoms with van der Waals surface area (Å²) in [6, 6.07) is 23.3. The second-order valence-electron chi connectivity index (χ2n) is 18.6. The second kappa shape index (κ2) is 19.7. The summed E-state index contributed by atoms with van der Waals surface area (Å²) in [6.45, 7) is 10.5. The van der Waals surface area contributed by atoms with Crippen molar-refractivity contribution in [1.29, 1.82) is 0 Å². The predicted molar refractivity (Wildman–Crippen MR) is 244 cm³/mol. The first kappa shape index (κ1) is 49.5. The van der Waals surface area contributed by atoms with Crippen molar-refractivity contribution >= 4 is 47.6 Å². The van der Waals surface area contributed by atoms with Crippen molar-refractivity contribution < 1.29 is 66.8 Å². The summed E-state index contributed by atoms with van der Waals surface area (Å²) in [5.41, 5.74) is -6.49. The number of hydrogen-bond donors (Lipinski definition) is 3. The summed E-state index contributed by atoms with van der Waals surface area (Å²) < 4.78 is 37.7. The third-order valence-electron chi connectivity index (χ3n) is 14.2. The predicted octanol–water partition coefficient (Wildman–Crippen LogP) is 6.21. The third-order valence-corrected chi connectivity index (χ3v) is 15.0. The molecule has 3 aromatic rings. The number of ketones is 1. The lowest BCUT2D eigenvalue weighted by molar-refractivity contribution is -0.343. The molecular formula is C51H59NO14S. The summed E-state index contributed by atoms with van der Waals surface area (Å²) in [5.74, 6) is -5.82. The molecule has 3 aliphatic carbocycles. The van der Waals surface area contributed by atoms with Gasteiger partial charge in [-0.1, -0.05) is 93.9 Å². The largest absolute Gasteiger partial charge is 0.456 e. The molecule has 4 aliphatic rings. The number of benzene rings is 3. The van der Waals surface area contributed by atoms with Gasteiger partial charge in [-0.3, -0.25) is 19.2 Å². The highest BCUT2D eigenvalue weighted by molar-refractivity contribution is 7.94. The van der Waals surface area contributed by atoms with Gasteiger partial charge in [0.2, 0.25) is 0 Å². The lowest BCUT2D eigenvalue weighted by Gasteiger charge is -2.67. The number of carbonyl (C=O) groups is 6. The van der Waals surface area contributed by atoms with Gasteiger partial charge in [0.1, 0.15) is 23.9 Å². The van der Waals surface area contributed by atoms with Crippen LogP contribution in [0.15, 0.2) is 102 Å². The van der Waals surface area contributed by atoms with E-state index in [1.54, 1.807) is 107 Å². The van der Waals surface area contributed by atoms with Crippen LogP contribution < -0.4 is 5.32 Å². The van der Waals surface area contributed by atoms with Gasteiger partial charge >= 0.3 is 23.9 Å². The van der Waals surface area contributed by atoms with Crippen LogP contribution in [0, 0.1) is 16.7 Å². The van der Waals surface area contributed by atoms with Crippen LogP contribution in [0.4, 0.5) is 0 Å². The summed E-state index contributed by atoms with van der Waals surface area (Å²) in [5, 5.41) is 28.6. The second-order valence-corrected chi connectivity index (χ2v) is 19.4. The number of carbonyl (C=O) groups excluding carboxylic acids is 6. The monoisotopic (exact) mass is 941 g/mol. The lowest BCUT2D eigenvalue weighted by atomic mass is 9.44. The SMILES string of the molecule is CCCCSO[C@H]1C[C@H]2OC[C@@]2(OC(C)=O)C2[C@H](OC(=O)c3ccccc3)[C@]3(O)C[C@H](OC(=O)[C@H](O)[C@@H](NC(=O)c4ccccc4)c4ccccc4)C(C)=C([C@@H](OC(C)=O)C(=O)[C@@]21C)C3(C)C. The van der Waals surface area contributed by atoms with Crippen LogP contribution in [0.1, 0.15) is 106 Å². The molecule has 358 valence electrons. The Morgan fingerprint density at radius 3 is 2.04 bits per heavy atom. The quantitative estimate of drug-likeness (QED) is 0.0509. The molecule has 1 unspecified atom stereocenters. The molecule has 3 N–H and O–H groups in total. The topological polar surface area (TPSA) is 210 Å². The Bertz CT molecular complexity index is 2380. The molecule has 3 aromatic carbocycles. The molecule has 1 amide bonds. The maximum absolute atomic E-state index is 16.0. The minimum Gasteiger partial charge on any atom is -0.456 e. The Labute approximate surface area is 394 Å². The minimum absolute atomic E-state index is 0.0403. The summed E-state index contributed by atoms with van der Waals surface area (Å²) in [7, 11) is 0. The number of ether oxygens (including phenoxy) is 5. The fraction of sp³-hybridized carbons (Fsp3) is 0.490. The molecule has 0 spiro atoms. The lowest BCUT2D eigenvalue weighted by Crippen LogP contribution is -2.82. The van der Waals surface area contributed by atoms with Crippen molar-refractivity contribution in [2.45, 2.75) is 128 Å². The molecule has 2 bridgehead atoms. The first-order chi connectivity index (χ1) is 31.8. The van der Waals surface area contributed by atoms with Crippen LogP contribution in [0.2, 0.25) is 0 Å². The third kappa shape index (κ3) is 9.06. The number of esters is 4. The maximum atomic E-state index is 16.0. The average Bonchev–Trinajstić information content (AvgIpc) is 3.30. The van der Waals surface area contributed by atoms with Gasteiger partial charge in [0.25, 0.3) is 5.91 Å². The van der Waals surface area contributed by atoms with E-state index in [0.29, 0.717) is 11.3 Å². The van der Waals surface area contributed by atoms with Crippen LogP contribution in [0.3, 0.4) is 0 Å².